The molecule has 1 aromatic rings. The Hall–Kier alpha value is -2.34. The number of carbonyl (C=O) groups excluding carboxylic acids is 2. The number of benzene rings is 1. The number of anilines is 1. The predicted octanol–water partition coefficient (Wildman–Crippen LogP) is 1.34. The van der Waals surface area contributed by atoms with Crippen LogP contribution in [0.25, 0.3) is 0 Å². The third-order valence-corrected chi connectivity index (χ3v) is 3.67. The number of amides is 1. The van der Waals surface area contributed by atoms with Crippen molar-refractivity contribution >= 4 is 17.6 Å². The molecule has 1 amide bonds. The molecule has 0 aromatic heterocycles. The van der Waals surface area contributed by atoms with Gasteiger partial charge in [-0.15, -0.1) is 0 Å². The number of esters is 1. The summed E-state index contributed by atoms with van der Waals surface area (Å²) in [4.78, 5) is 25.1. The highest BCUT2D eigenvalue weighted by molar-refractivity contribution is 6.15. The van der Waals surface area contributed by atoms with Gasteiger partial charge in [0.15, 0.2) is 5.76 Å². The van der Waals surface area contributed by atoms with E-state index in [4.69, 9.17) is 0 Å². The first-order chi connectivity index (χ1) is 9.75. The normalized spacial score (nSPS) is 22.0. The van der Waals surface area contributed by atoms with Gasteiger partial charge in [0.2, 0.25) is 0 Å². The van der Waals surface area contributed by atoms with Gasteiger partial charge in [-0.2, -0.15) is 0 Å². The Morgan fingerprint density at radius 1 is 1.29 bits per heavy atom. The molecule has 6 heteroatoms. The highest BCUT2D eigenvalue weighted by Gasteiger charge is 2.56. The number of nitrogens with zero attached hydrogens (tertiary/aromatic N) is 1. The van der Waals surface area contributed by atoms with Gasteiger partial charge >= 0.3 is 5.97 Å². The van der Waals surface area contributed by atoms with E-state index in [0.717, 1.165) is 17.6 Å². The molecule has 1 heterocycles. The molecule has 112 valence electrons. The van der Waals surface area contributed by atoms with Crippen molar-refractivity contribution in [2.24, 2.45) is 0 Å². The summed E-state index contributed by atoms with van der Waals surface area (Å²) in [5.41, 5.74) is -0.497. The summed E-state index contributed by atoms with van der Waals surface area (Å²) in [7, 11) is 1.10. The monoisotopic (exact) mass is 291 g/mol. The number of methoxy groups -OCH3 is 1. The van der Waals surface area contributed by atoms with Crippen LogP contribution in [0, 0.1) is 13.8 Å². The van der Waals surface area contributed by atoms with E-state index in [-0.39, 0.29) is 5.57 Å². The fourth-order valence-electron chi connectivity index (χ4n) is 2.47. The largest absolute Gasteiger partial charge is 0.503 e. The molecule has 0 radical (unpaired) electrons. The average Bonchev–Trinajstić information content (AvgIpc) is 2.61. The summed E-state index contributed by atoms with van der Waals surface area (Å²) >= 11 is 0. The molecule has 2 N–H and O–H groups in total. The minimum Gasteiger partial charge on any atom is -0.503 e. The van der Waals surface area contributed by atoms with Crippen molar-refractivity contribution in [2.45, 2.75) is 26.5 Å². The minimum atomic E-state index is -2.34. The Kier molecular flexibility index (Phi) is 3.51. The van der Waals surface area contributed by atoms with E-state index < -0.39 is 23.4 Å². The molecule has 1 atom stereocenters. The van der Waals surface area contributed by atoms with Gasteiger partial charge in [0, 0.05) is 5.57 Å². The third kappa shape index (κ3) is 1.99. The predicted molar refractivity (Wildman–Crippen MR) is 75.7 cm³/mol. The molecule has 1 aliphatic rings. The van der Waals surface area contributed by atoms with Gasteiger partial charge < -0.3 is 14.9 Å². The summed E-state index contributed by atoms with van der Waals surface area (Å²) in [5.74, 6) is -2.52. The van der Waals surface area contributed by atoms with E-state index in [2.05, 4.69) is 4.74 Å². The van der Waals surface area contributed by atoms with E-state index in [1.54, 1.807) is 19.1 Å². The van der Waals surface area contributed by atoms with Crippen molar-refractivity contribution in [1.82, 2.24) is 0 Å². The highest BCUT2D eigenvalue weighted by atomic mass is 16.5. The Morgan fingerprint density at radius 2 is 1.90 bits per heavy atom. The first-order valence-electron chi connectivity index (χ1n) is 6.38. The van der Waals surface area contributed by atoms with Crippen molar-refractivity contribution < 1.29 is 24.5 Å². The zero-order valence-corrected chi connectivity index (χ0v) is 12.3. The van der Waals surface area contributed by atoms with E-state index in [1.165, 1.54) is 6.92 Å². The maximum absolute atomic E-state index is 12.2. The van der Waals surface area contributed by atoms with Gasteiger partial charge in [-0.3, -0.25) is 9.69 Å². The summed E-state index contributed by atoms with van der Waals surface area (Å²) in [6.07, 6.45) is 0. The van der Waals surface area contributed by atoms with Gasteiger partial charge in [0.05, 0.1) is 12.8 Å². The van der Waals surface area contributed by atoms with E-state index in [0.29, 0.717) is 11.3 Å². The SMILES string of the molecule is COC(=O)C1(O)C(C)=C(O)C(=O)N1c1ccc(C)cc1C. The lowest BCUT2D eigenvalue weighted by Gasteiger charge is -2.32. The molecule has 21 heavy (non-hydrogen) atoms. The molecule has 0 aliphatic carbocycles. The summed E-state index contributed by atoms with van der Waals surface area (Å²) in [5, 5.41) is 20.5. The van der Waals surface area contributed by atoms with Gasteiger partial charge in [-0.1, -0.05) is 17.7 Å². The maximum atomic E-state index is 12.2. The molecule has 2 rings (SSSR count). The Bertz CT molecular complexity index is 664. The summed E-state index contributed by atoms with van der Waals surface area (Å²) in [6.45, 7) is 4.95. The standard InChI is InChI=1S/C15H17NO5/c1-8-5-6-11(9(2)7-8)16-13(18)12(17)10(3)15(16,20)14(19)21-4/h5-7,17,20H,1-4H3. The smallest absolute Gasteiger partial charge is 0.364 e. The molecular formula is C15H17NO5. The molecule has 0 saturated heterocycles. The number of carbonyl (C=O) groups is 2. The van der Waals surface area contributed by atoms with Gasteiger partial charge in [0.1, 0.15) is 0 Å². The Balaban J connectivity index is 2.66. The van der Waals surface area contributed by atoms with Crippen LogP contribution in [0.5, 0.6) is 0 Å². The van der Waals surface area contributed by atoms with Gasteiger partial charge in [-0.25, -0.2) is 4.79 Å². The van der Waals surface area contributed by atoms with Crippen molar-refractivity contribution in [2.75, 3.05) is 12.0 Å². The van der Waals surface area contributed by atoms with Crippen molar-refractivity contribution in [3.63, 3.8) is 0 Å². The third-order valence-electron chi connectivity index (χ3n) is 3.67. The number of aliphatic hydroxyl groups excluding tert-OH is 1. The van der Waals surface area contributed by atoms with Crippen LogP contribution in [-0.4, -0.2) is 34.9 Å². The van der Waals surface area contributed by atoms with E-state index in [9.17, 15) is 19.8 Å². The first-order valence-corrected chi connectivity index (χ1v) is 6.38. The molecule has 1 unspecified atom stereocenters. The number of rotatable bonds is 2. The molecule has 1 aliphatic heterocycles. The van der Waals surface area contributed by atoms with Crippen LogP contribution in [-0.2, 0) is 14.3 Å². The topological polar surface area (TPSA) is 87.1 Å². The van der Waals surface area contributed by atoms with Crippen molar-refractivity contribution in [1.29, 1.82) is 0 Å². The lowest BCUT2D eigenvalue weighted by atomic mass is 10.0. The second-order valence-electron chi connectivity index (χ2n) is 5.07. The fourth-order valence-corrected chi connectivity index (χ4v) is 2.47. The van der Waals surface area contributed by atoms with Crippen LogP contribution < -0.4 is 4.90 Å². The molecule has 0 saturated carbocycles. The number of ether oxygens (including phenoxy) is 1. The number of hydrogen-bond acceptors (Lipinski definition) is 5. The number of hydrogen-bond donors (Lipinski definition) is 2. The van der Waals surface area contributed by atoms with Crippen molar-refractivity contribution in [3.8, 4) is 0 Å². The number of aryl methyl sites for hydroxylation is 2. The molecular weight excluding hydrogens is 274 g/mol. The first kappa shape index (κ1) is 15.1. The molecule has 1 aromatic carbocycles. The second-order valence-corrected chi connectivity index (χ2v) is 5.07. The van der Waals surface area contributed by atoms with Crippen LogP contribution in [0.4, 0.5) is 5.69 Å². The summed E-state index contributed by atoms with van der Waals surface area (Å²) in [6, 6.07) is 5.17. The lowest BCUT2D eigenvalue weighted by molar-refractivity contribution is -0.158. The highest BCUT2D eigenvalue weighted by Crippen LogP contribution is 2.39. The Labute approximate surface area is 122 Å². The van der Waals surface area contributed by atoms with Crippen LogP contribution in [0.3, 0.4) is 0 Å². The maximum Gasteiger partial charge on any atom is 0.364 e. The zero-order valence-electron chi connectivity index (χ0n) is 12.3. The minimum absolute atomic E-state index is 0.153. The fraction of sp³-hybridized carbons (Fsp3) is 0.333. The van der Waals surface area contributed by atoms with E-state index in [1.807, 2.05) is 13.0 Å². The van der Waals surface area contributed by atoms with Crippen LogP contribution in [0.2, 0.25) is 0 Å². The van der Waals surface area contributed by atoms with Crippen molar-refractivity contribution in [3.05, 3.63) is 40.7 Å². The van der Waals surface area contributed by atoms with Gasteiger partial charge in [0.25, 0.3) is 11.6 Å². The summed E-state index contributed by atoms with van der Waals surface area (Å²) < 4.78 is 4.59. The van der Waals surface area contributed by atoms with Gasteiger partial charge in [-0.05, 0) is 32.4 Å². The average molecular weight is 291 g/mol. The molecule has 6 nitrogen and oxygen atoms in total. The van der Waals surface area contributed by atoms with Crippen LogP contribution in [0.1, 0.15) is 18.1 Å². The molecule has 0 fully saturated rings. The zero-order chi connectivity index (χ0) is 15.9. The van der Waals surface area contributed by atoms with E-state index >= 15 is 0 Å². The van der Waals surface area contributed by atoms with Crippen LogP contribution in [0.15, 0.2) is 29.5 Å². The second kappa shape index (κ2) is 4.89. The molecule has 0 spiro atoms. The Morgan fingerprint density at radius 3 is 2.43 bits per heavy atom. The number of aliphatic hydroxyl groups is 2. The quantitative estimate of drug-likeness (QED) is 0.803. The molecule has 0 bridgehead atoms. The lowest BCUT2D eigenvalue weighted by Crippen LogP contribution is -2.55. The van der Waals surface area contributed by atoms with Crippen LogP contribution >= 0.6 is 0 Å².